The number of nitrogens with zero attached hydrogens (tertiary/aromatic N) is 3. The second-order valence-corrected chi connectivity index (χ2v) is 5.08. The number of allylic oxidation sites excluding steroid dienone is 2. The minimum absolute atomic E-state index is 0.402. The molecule has 0 saturated carbocycles. The van der Waals surface area contributed by atoms with E-state index in [4.69, 9.17) is 4.74 Å². The molecule has 5 heteroatoms. The van der Waals surface area contributed by atoms with E-state index in [0.29, 0.717) is 11.3 Å². The summed E-state index contributed by atoms with van der Waals surface area (Å²) in [7, 11) is 12.7. The Morgan fingerprint density at radius 2 is 1.75 bits per heavy atom. The van der Waals surface area contributed by atoms with Gasteiger partial charge in [0.2, 0.25) is 0 Å². The highest BCUT2D eigenvalue weighted by molar-refractivity contribution is 5.95. The molecule has 20 heavy (non-hydrogen) atoms. The summed E-state index contributed by atoms with van der Waals surface area (Å²) in [6, 6.07) is 0. The van der Waals surface area contributed by atoms with E-state index in [1.165, 1.54) is 7.11 Å². The van der Waals surface area contributed by atoms with Crippen LogP contribution in [0.2, 0.25) is 0 Å². The molecule has 0 aromatic heterocycles. The Morgan fingerprint density at radius 1 is 1.20 bits per heavy atom. The summed E-state index contributed by atoms with van der Waals surface area (Å²) < 4.78 is 6.75. The van der Waals surface area contributed by atoms with E-state index < -0.39 is 5.97 Å². The molecule has 0 atom stereocenters. The molecule has 0 aromatic carbocycles. The molecular weight excluding hydrogens is 254 g/mol. The maximum absolute atomic E-state index is 11.9. The van der Waals surface area contributed by atoms with Crippen LogP contribution in [0.25, 0.3) is 0 Å². The summed E-state index contributed by atoms with van der Waals surface area (Å²) in [5, 5.41) is 0. The van der Waals surface area contributed by atoms with Gasteiger partial charge in [0.15, 0.2) is 6.21 Å². The predicted octanol–water partition coefficient (Wildman–Crippen LogP) is 0.950. The third-order valence-electron chi connectivity index (χ3n) is 2.38. The summed E-state index contributed by atoms with van der Waals surface area (Å²) >= 11 is 0. The maximum Gasteiger partial charge on any atom is 0.339 e. The number of methoxy groups -OCH3 is 1. The molecule has 0 radical (unpaired) electrons. The highest BCUT2D eigenvalue weighted by Gasteiger charge is 2.16. The lowest BCUT2D eigenvalue weighted by molar-refractivity contribution is -0.458. The van der Waals surface area contributed by atoms with Crippen molar-refractivity contribution in [3.63, 3.8) is 0 Å². The number of rotatable bonds is 6. The molecule has 0 N–H and O–H groups in total. The van der Waals surface area contributed by atoms with E-state index in [-0.39, 0.29) is 0 Å². The Bertz CT molecular complexity index is 454. The van der Waals surface area contributed by atoms with Crippen LogP contribution >= 0.6 is 0 Å². The van der Waals surface area contributed by atoms with Crippen LogP contribution in [0, 0.1) is 0 Å². The number of carbonyl (C=O) groups excluding carboxylic acids is 1. The number of carbonyl (C=O) groups is 1. The summed E-state index contributed by atoms with van der Waals surface area (Å²) in [5.41, 5.74) is 1.92. The van der Waals surface area contributed by atoms with Crippen molar-refractivity contribution in [2.75, 3.05) is 49.4 Å². The lowest BCUT2D eigenvalue weighted by atomic mass is 10.1. The van der Waals surface area contributed by atoms with Gasteiger partial charge >= 0.3 is 5.97 Å². The molecule has 0 aliphatic carbocycles. The Balaban J connectivity index is 5.78. The second kappa shape index (κ2) is 8.19. The molecular formula is C15H26N3O2+. The van der Waals surface area contributed by atoms with Crippen LogP contribution in [0.15, 0.2) is 35.7 Å². The van der Waals surface area contributed by atoms with Gasteiger partial charge < -0.3 is 14.5 Å². The van der Waals surface area contributed by atoms with Gasteiger partial charge in [-0.25, -0.2) is 9.37 Å². The Hall–Kier alpha value is -2.04. The number of esters is 1. The Morgan fingerprint density at radius 3 is 2.10 bits per heavy atom. The number of likely N-dealkylation sites (N-methyl/N-ethyl adjacent to an activating group) is 1. The van der Waals surface area contributed by atoms with Crippen molar-refractivity contribution in [3.05, 3.63) is 35.7 Å². The number of ether oxygens (including phenoxy) is 1. The van der Waals surface area contributed by atoms with Crippen molar-refractivity contribution in [2.24, 2.45) is 0 Å². The normalized spacial score (nSPS) is 11.8. The van der Waals surface area contributed by atoms with Crippen LogP contribution in [0.4, 0.5) is 0 Å². The third kappa shape index (κ3) is 6.22. The van der Waals surface area contributed by atoms with Gasteiger partial charge in [0.05, 0.1) is 18.3 Å². The fourth-order valence-corrected chi connectivity index (χ4v) is 1.48. The zero-order valence-corrected chi connectivity index (χ0v) is 13.6. The lowest BCUT2D eigenvalue weighted by Crippen LogP contribution is -2.18. The highest BCUT2D eigenvalue weighted by Crippen LogP contribution is 2.14. The molecule has 0 saturated heterocycles. The molecule has 0 bridgehead atoms. The zero-order chi connectivity index (χ0) is 15.9. The van der Waals surface area contributed by atoms with Gasteiger partial charge in [-0.05, 0) is 6.08 Å². The van der Waals surface area contributed by atoms with Gasteiger partial charge in [-0.15, -0.1) is 0 Å². The fraction of sp³-hybridized carbons (Fsp3) is 0.467. The molecule has 5 nitrogen and oxygen atoms in total. The molecule has 0 unspecified atom stereocenters. The second-order valence-electron chi connectivity index (χ2n) is 5.08. The van der Waals surface area contributed by atoms with E-state index in [1.54, 1.807) is 11.0 Å². The van der Waals surface area contributed by atoms with Crippen molar-refractivity contribution in [1.29, 1.82) is 0 Å². The molecule has 112 valence electrons. The Kier molecular flexibility index (Phi) is 7.36. The van der Waals surface area contributed by atoms with E-state index in [2.05, 4.69) is 6.58 Å². The largest absolute Gasteiger partial charge is 0.465 e. The minimum atomic E-state index is -0.402. The van der Waals surface area contributed by atoms with Gasteiger partial charge in [0, 0.05) is 40.1 Å². The lowest BCUT2D eigenvalue weighted by Gasteiger charge is -2.17. The van der Waals surface area contributed by atoms with E-state index in [9.17, 15) is 4.79 Å². The SMILES string of the molecule is C=C(/C(=C\C(C=[N+](C)C)=C/N(C)C)C(=O)OC)N(C)C. The van der Waals surface area contributed by atoms with Gasteiger partial charge in [-0.2, -0.15) is 0 Å². The monoisotopic (exact) mass is 280 g/mol. The molecule has 0 amide bonds. The van der Waals surface area contributed by atoms with Crippen LogP contribution in [-0.4, -0.2) is 76.0 Å². The molecule has 0 aromatic rings. The molecule has 0 aliphatic rings. The van der Waals surface area contributed by atoms with Crippen molar-refractivity contribution in [1.82, 2.24) is 9.80 Å². The fourth-order valence-electron chi connectivity index (χ4n) is 1.48. The van der Waals surface area contributed by atoms with Gasteiger partial charge in [-0.3, -0.25) is 0 Å². The first-order valence-electron chi connectivity index (χ1n) is 6.25. The Labute approximate surface area is 122 Å². The van der Waals surface area contributed by atoms with E-state index in [0.717, 1.165) is 5.57 Å². The predicted molar refractivity (Wildman–Crippen MR) is 82.9 cm³/mol. The van der Waals surface area contributed by atoms with Gasteiger partial charge in [-0.1, -0.05) is 6.58 Å². The van der Waals surface area contributed by atoms with Crippen LogP contribution in [0.1, 0.15) is 0 Å². The zero-order valence-electron chi connectivity index (χ0n) is 13.6. The number of hydrogen-bond acceptors (Lipinski definition) is 4. The first-order chi connectivity index (χ1) is 9.18. The van der Waals surface area contributed by atoms with Crippen molar-refractivity contribution < 1.29 is 14.1 Å². The standard InChI is InChI=1S/C15H26N3O2/c1-12(18(6)7)14(15(19)20-8)9-13(10-16(2)3)11-17(4)5/h9-11H,1H2,2-8H3/q+1/b14-9+. The van der Waals surface area contributed by atoms with Crippen LogP contribution in [0.5, 0.6) is 0 Å². The van der Waals surface area contributed by atoms with Gasteiger partial charge in [0.25, 0.3) is 0 Å². The van der Waals surface area contributed by atoms with Crippen molar-refractivity contribution in [2.45, 2.75) is 0 Å². The van der Waals surface area contributed by atoms with E-state index in [1.807, 2.05) is 64.2 Å². The third-order valence-corrected chi connectivity index (χ3v) is 2.38. The van der Waals surface area contributed by atoms with E-state index >= 15 is 0 Å². The first kappa shape index (κ1) is 18.0. The first-order valence-corrected chi connectivity index (χ1v) is 6.25. The molecule has 0 spiro atoms. The highest BCUT2D eigenvalue weighted by atomic mass is 16.5. The molecule has 0 fully saturated rings. The van der Waals surface area contributed by atoms with Crippen LogP contribution < -0.4 is 0 Å². The average Bonchev–Trinajstić information content (AvgIpc) is 2.32. The van der Waals surface area contributed by atoms with Crippen molar-refractivity contribution >= 4 is 12.2 Å². The average molecular weight is 280 g/mol. The topological polar surface area (TPSA) is 35.8 Å². The maximum atomic E-state index is 11.9. The molecule has 0 rings (SSSR count). The minimum Gasteiger partial charge on any atom is -0.465 e. The summed E-state index contributed by atoms with van der Waals surface area (Å²) in [5.74, 6) is -0.402. The summed E-state index contributed by atoms with van der Waals surface area (Å²) in [4.78, 5) is 15.6. The van der Waals surface area contributed by atoms with Crippen molar-refractivity contribution in [3.8, 4) is 0 Å². The molecule has 0 aliphatic heterocycles. The molecule has 0 heterocycles. The summed E-state index contributed by atoms with van der Waals surface area (Å²) in [6.07, 6.45) is 5.62. The summed E-state index contributed by atoms with van der Waals surface area (Å²) in [6.45, 7) is 3.92. The van der Waals surface area contributed by atoms with Crippen LogP contribution in [0.3, 0.4) is 0 Å². The van der Waals surface area contributed by atoms with Gasteiger partial charge in [0.1, 0.15) is 14.1 Å². The smallest absolute Gasteiger partial charge is 0.339 e. The number of hydrogen-bond donors (Lipinski definition) is 0. The van der Waals surface area contributed by atoms with Crippen LogP contribution in [-0.2, 0) is 9.53 Å². The quantitative estimate of drug-likeness (QED) is 0.239.